The number of fused-ring (bicyclic) bond motifs is 1. The maximum Gasteiger partial charge on any atom is 0.252 e. The number of H-pyrrole nitrogens is 1. The van der Waals surface area contributed by atoms with Crippen molar-refractivity contribution in [3.8, 4) is 0 Å². The lowest BCUT2D eigenvalue weighted by Gasteiger charge is -2.35. The zero-order valence-electron chi connectivity index (χ0n) is 19.2. The highest BCUT2D eigenvalue weighted by molar-refractivity contribution is 5.81. The molecule has 0 spiro atoms. The summed E-state index contributed by atoms with van der Waals surface area (Å²) in [5.74, 6) is 1.63. The number of tetrazole rings is 1. The third-order valence-electron chi connectivity index (χ3n) is 6.84. The minimum atomic E-state index is -0.0233. The summed E-state index contributed by atoms with van der Waals surface area (Å²) in [5.41, 5.74) is 2.74. The Morgan fingerprint density at radius 3 is 2.85 bits per heavy atom. The summed E-state index contributed by atoms with van der Waals surface area (Å²) in [6.07, 6.45) is 7.18. The molecule has 1 aliphatic carbocycles. The Bertz CT molecular complexity index is 1270. The second kappa shape index (κ2) is 9.31. The van der Waals surface area contributed by atoms with E-state index in [1.807, 2.05) is 41.9 Å². The van der Waals surface area contributed by atoms with Gasteiger partial charge in [0, 0.05) is 18.2 Å². The van der Waals surface area contributed by atoms with Crippen LogP contribution in [0.25, 0.3) is 10.9 Å². The van der Waals surface area contributed by atoms with Gasteiger partial charge < -0.3 is 9.40 Å². The van der Waals surface area contributed by atoms with Crippen LogP contribution in [0, 0.1) is 6.92 Å². The molecule has 33 heavy (non-hydrogen) atoms. The van der Waals surface area contributed by atoms with E-state index >= 15 is 0 Å². The van der Waals surface area contributed by atoms with Gasteiger partial charge in [0.1, 0.15) is 12.3 Å². The van der Waals surface area contributed by atoms with E-state index in [4.69, 9.17) is 4.42 Å². The third-order valence-corrected chi connectivity index (χ3v) is 6.84. The first-order valence-electron chi connectivity index (χ1n) is 11.8. The lowest BCUT2D eigenvalue weighted by atomic mass is 10.0. The van der Waals surface area contributed by atoms with Crippen molar-refractivity contribution >= 4 is 10.9 Å². The number of aryl methyl sites for hydroxylation is 1. The second-order valence-corrected chi connectivity index (χ2v) is 8.97. The minimum Gasteiger partial charge on any atom is -0.467 e. The van der Waals surface area contributed by atoms with E-state index < -0.39 is 0 Å². The fourth-order valence-electron chi connectivity index (χ4n) is 5.15. The maximum atomic E-state index is 13.1. The summed E-state index contributed by atoms with van der Waals surface area (Å²) in [6, 6.07) is 12.4. The van der Waals surface area contributed by atoms with E-state index in [0.717, 1.165) is 52.9 Å². The molecule has 0 radical (unpaired) electrons. The van der Waals surface area contributed by atoms with Crippen molar-refractivity contribution in [2.75, 3.05) is 0 Å². The van der Waals surface area contributed by atoms with Crippen molar-refractivity contribution in [1.29, 1.82) is 0 Å². The van der Waals surface area contributed by atoms with Crippen molar-refractivity contribution in [3.05, 3.63) is 75.7 Å². The molecule has 0 saturated heterocycles. The van der Waals surface area contributed by atoms with Crippen molar-refractivity contribution in [2.45, 2.75) is 71.1 Å². The number of benzene rings is 1. The Hall–Kier alpha value is -3.26. The van der Waals surface area contributed by atoms with Gasteiger partial charge in [0.2, 0.25) is 0 Å². The van der Waals surface area contributed by atoms with E-state index in [1.165, 1.54) is 12.8 Å². The van der Waals surface area contributed by atoms with E-state index in [1.54, 1.807) is 6.26 Å². The smallest absolute Gasteiger partial charge is 0.252 e. The predicted molar refractivity (Wildman–Crippen MR) is 126 cm³/mol. The highest BCUT2D eigenvalue weighted by atomic mass is 16.3. The number of hydrogen-bond donors (Lipinski definition) is 1. The van der Waals surface area contributed by atoms with E-state index in [-0.39, 0.29) is 11.6 Å². The topological polar surface area (TPSA) is 92.8 Å². The number of aromatic nitrogens is 5. The van der Waals surface area contributed by atoms with Crippen LogP contribution in [-0.2, 0) is 13.1 Å². The van der Waals surface area contributed by atoms with Crippen LogP contribution in [0.15, 0.2) is 51.9 Å². The molecule has 8 nitrogen and oxygen atoms in total. The van der Waals surface area contributed by atoms with Crippen LogP contribution < -0.4 is 5.56 Å². The van der Waals surface area contributed by atoms with Crippen LogP contribution in [0.3, 0.4) is 0 Å². The van der Waals surface area contributed by atoms with Gasteiger partial charge in [-0.2, -0.15) is 0 Å². The molecular formula is C25H30N6O2. The standard InChI is InChI=1S/C25H30N6O2/c1-3-22(24-27-28-29-31(24)16-21-12-7-13-33-21)30(20-10-4-5-11-20)15-19-14-18-9-6-8-17(2)23(18)26-25(19)32/h6-9,12-14,20,22H,3-5,10-11,15-16H2,1-2H3,(H,26,32). The summed E-state index contributed by atoms with van der Waals surface area (Å²) in [4.78, 5) is 18.6. The normalized spacial score (nSPS) is 15.6. The van der Waals surface area contributed by atoms with E-state index in [2.05, 4.69) is 38.4 Å². The molecule has 1 aromatic carbocycles. The van der Waals surface area contributed by atoms with E-state index in [0.29, 0.717) is 19.1 Å². The van der Waals surface area contributed by atoms with Crippen LogP contribution in [0.5, 0.6) is 0 Å². The zero-order chi connectivity index (χ0) is 22.8. The number of rotatable bonds is 8. The van der Waals surface area contributed by atoms with Crippen molar-refractivity contribution < 1.29 is 4.42 Å². The van der Waals surface area contributed by atoms with Gasteiger partial charge in [-0.25, -0.2) is 4.68 Å². The fourth-order valence-corrected chi connectivity index (χ4v) is 5.15. The molecule has 1 atom stereocenters. The Balaban J connectivity index is 1.51. The lowest BCUT2D eigenvalue weighted by Crippen LogP contribution is -2.39. The van der Waals surface area contributed by atoms with Crippen LogP contribution in [0.1, 0.15) is 67.8 Å². The van der Waals surface area contributed by atoms with E-state index in [9.17, 15) is 4.79 Å². The first kappa shape index (κ1) is 21.6. The van der Waals surface area contributed by atoms with Gasteiger partial charge in [-0.15, -0.1) is 5.10 Å². The zero-order valence-corrected chi connectivity index (χ0v) is 19.2. The molecule has 1 aliphatic rings. The number of aromatic amines is 1. The molecule has 1 fully saturated rings. The van der Waals surface area contributed by atoms with Gasteiger partial charge in [0.25, 0.3) is 5.56 Å². The van der Waals surface area contributed by atoms with Crippen LogP contribution in [0.2, 0.25) is 0 Å². The van der Waals surface area contributed by atoms with Gasteiger partial charge in [-0.3, -0.25) is 9.69 Å². The summed E-state index contributed by atoms with van der Waals surface area (Å²) in [6.45, 7) is 5.23. The Labute approximate surface area is 192 Å². The average Bonchev–Trinajstić information content (AvgIpc) is 3.59. The molecule has 4 aromatic rings. The SMILES string of the molecule is CCC(c1nnnn1Cc1ccco1)N(Cc1cc2cccc(C)c2[nH]c1=O)C1CCCC1. The number of pyridine rings is 1. The average molecular weight is 447 g/mol. The van der Waals surface area contributed by atoms with Crippen LogP contribution >= 0.6 is 0 Å². The van der Waals surface area contributed by atoms with Gasteiger partial charge in [0.05, 0.1) is 17.8 Å². The molecule has 3 heterocycles. The molecule has 0 amide bonds. The molecular weight excluding hydrogens is 416 g/mol. The molecule has 8 heteroatoms. The molecule has 1 saturated carbocycles. The van der Waals surface area contributed by atoms with Crippen LogP contribution in [0.4, 0.5) is 0 Å². The number of nitrogens with one attached hydrogen (secondary N) is 1. The van der Waals surface area contributed by atoms with Crippen LogP contribution in [-0.4, -0.2) is 36.1 Å². The monoisotopic (exact) mass is 446 g/mol. The van der Waals surface area contributed by atoms with Crippen molar-refractivity contribution in [2.24, 2.45) is 0 Å². The third kappa shape index (κ3) is 4.35. The Morgan fingerprint density at radius 1 is 1.24 bits per heavy atom. The second-order valence-electron chi connectivity index (χ2n) is 8.97. The molecule has 1 N–H and O–H groups in total. The summed E-state index contributed by atoms with van der Waals surface area (Å²) in [7, 11) is 0. The highest BCUT2D eigenvalue weighted by Gasteiger charge is 2.32. The van der Waals surface area contributed by atoms with Crippen molar-refractivity contribution in [1.82, 2.24) is 30.1 Å². The van der Waals surface area contributed by atoms with Gasteiger partial charge in [0.15, 0.2) is 5.82 Å². The quantitative estimate of drug-likeness (QED) is 0.432. The highest BCUT2D eigenvalue weighted by Crippen LogP contribution is 2.33. The molecule has 0 aliphatic heterocycles. The molecule has 0 bridgehead atoms. The maximum absolute atomic E-state index is 13.1. The summed E-state index contributed by atoms with van der Waals surface area (Å²) in [5, 5.41) is 13.7. The molecule has 3 aromatic heterocycles. The first-order chi connectivity index (χ1) is 16.1. The molecule has 1 unspecified atom stereocenters. The summed E-state index contributed by atoms with van der Waals surface area (Å²) >= 11 is 0. The molecule has 172 valence electrons. The van der Waals surface area contributed by atoms with Gasteiger partial charge in [-0.05, 0) is 65.8 Å². The first-order valence-corrected chi connectivity index (χ1v) is 11.8. The van der Waals surface area contributed by atoms with Crippen molar-refractivity contribution in [3.63, 3.8) is 0 Å². The molecule has 5 rings (SSSR count). The Morgan fingerprint density at radius 2 is 2.09 bits per heavy atom. The van der Waals surface area contributed by atoms with Gasteiger partial charge >= 0.3 is 0 Å². The predicted octanol–water partition coefficient (Wildman–Crippen LogP) is 4.36. The number of furan rings is 1. The fraction of sp³-hybridized carbons (Fsp3) is 0.440. The van der Waals surface area contributed by atoms with Gasteiger partial charge in [-0.1, -0.05) is 38.0 Å². The number of para-hydroxylation sites is 1. The number of hydrogen-bond acceptors (Lipinski definition) is 6. The summed E-state index contributed by atoms with van der Waals surface area (Å²) < 4.78 is 7.34. The largest absolute Gasteiger partial charge is 0.467 e. The Kier molecular flexibility index (Phi) is 6.09. The number of nitrogens with zero attached hydrogens (tertiary/aromatic N) is 5. The minimum absolute atomic E-state index is 0.00525. The lowest BCUT2D eigenvalue weighted by molar-refractivity contribution is 0.112.